The van der Waals surface area contributed by atoms with Crippen molar-refractivity contribution in [2.24, 2.45) is 0 Å². The predicted molar refractivity (Wildman–Crippen MR) is 71.6 cm³/mol. The molecule has 6 heteroatoms. The van der Waals surface area contributed by atoms with Crippen LogP contribution in [0.15, 0.2) is 18.2 Å². The third-order valence-corrected chi connectivity index (χ3v) is 3.30. The fourth-order valence-corrected chi connectivity index (χ4v) is 2.12. The van der Waals surface area contributed by atoms with Gasteiger partial charge in [0.05, 0.1) is 5.56 Å². The third-order valence-electron chi connectivity index (χ3n) is 3.30. The zero-order valence-corrected chi connectivity index (χ0v) is 11.4. The van der Waals surface area contributed by atoms with E-state index >= 15 is 0 Å². The van der Waals surface area contributed by atoms with Gasteiger partial charge in [0, 0.05) is 11.6 Å². The summed E-state index contributed by atoms with van der Waals surface area (Å²) in [7, 11) is 0. The van der Waals surface area contributed by atoms with Gasteiger partial charge in [0.1, 0.15) is 11.6 Å². The minimum atomic E-state index is -0.829. The summed E-state index contributed by atoms with van der Waals surface area (Å²) >= 11 is 0. The van der Waals surface area contributed by atoms with Gasteiger partial charge < -0.3 is 10.6 Å². The summed E-state index contributed by atoms with van der Waals surface area (Å²) in [4.78, 5) is 12.0. The minimum absolute atomic E-state index is 0. The first-order valence-corrected chi connectivity index (χ1v) is 5.98. The molecule has 0 bridgehead atoms. The van der Waals surface area contributed by atoms with Gasteiger partial charge in [-0.25, -0.2) is 8.78 Å². The molecule has 106 valence electrons. The predicted octanol–water partition coefficient (Wildman–Crippen LogP) is 2.26. The van der Waals surface area contributed by atoms with Crippen molar-refractivity contribution in [1.82, 2.24) is 10.6 Å². The molecular formula is C13H17ClF2N2O. The zero-order chi connectivity index (χ0) is 13.2. The molecule has 0 aromatic heterocycles. The molecule has 0 radical (unpaired) electrons. The Morgan fingerprint density at radius 1 is 1.32 bits per heavy atom. The molecule has 19 heavy (non-hydrogen) atoms. The van der Waals surface area contributed by atoms with Crippen LogP contribution in [0.2, 0.25) is 0 Å². The van der Waals surface area contributed by atoms with Gasteiger partial charge in [-0.2, -0.15) is 0 Å². The van der Waals surface area contributed by atoms with Crippen LogP contribution in [-0.4, -0.2) is 24.5 Å². The third kappa shape index (κ3) is 3.88. The van der Waals surface area contributed by atoms with Crippen LogP contribution >= 0.6 is 12.4 Å². The van der Waals surface area contributed by atoms with Crippen LogP contribution in [0.5, 0.6) is 0 Å². The highest BCUT2D eigenvalue weighted by atomic mass is 35.5. The molecule has 3 nitrogen and oxygen atoms in total. The molecule has 1 heterocycles. The summed E-state index contributed by atoms with van der Waals surface area (Å²) in [5, 5.41) is 6.03. The van der Waals surface area contributed by atoms with Crippen molar-refractivity contribution in [3.05, 3.63) is 35.4 Å². The highest BCUT2D eigenvalue weighted by molar-refractivity contribution is 5.94. The Hall–Kier alpha value is -1.20. The van der Waals surface area contributed by atoms with Crippen molar-refractivity contribution in [2.45, 2.75) is 25.3 Å². The topological polar surface area (TPSA) is 41.1 Å². The second kappa shape index (κ2) is 6.30. The maximum atomic E-state index is 13.5. The van der Waals surface area contributed by atoms with Crippen molar-refractivity contribution >= 4 is 18.3 Å². The highest BCUT2D eigenvalue weighted by Gasteiger charge is 2.29. The van der Waals surface area contributed by atoms with Gasteiger partial charge in [-0.05, 0) is 45.0 Å². The summed E-state index contributed by atoms with van der Waals surface area (Å²) in [6.07, 6.45) is 1.59. The first kappa shape index (κ1) is 15.9. The lowest BCUT2D eigenvalue weighted by molar-refractivity contribution is 0.0883. The number of hydrogen-bond donors (Lipinski definition) is 2. The van der Waals surface area contributed by atoms with Crippen LogP contribution in [0.3, 0.4) is 0 Å². The minimum Gasteiger partial charge on any atom is -0.347 e. The Morgan fingerprint density at radius 2 is 1.95 bits per heavy atom. The van der Waals surface area contributed by atoms with Gasteiger partial charge in [0.25, 0.3) is 5.91 Å². The second-order valence-electron chi connectivity index (χ2n) is 4.89. The van der Waals surface area contributed by atoms with Crippen LogP contribution in [0.25, 0.3) is 0 Å². The Bertz CT molecular complexity index is 462. The lowest BCUT2D eigenvalue weighted by atomic mass is 9.90. The molecule has 1 aromatic rings. The molecule has 0 aliphatic carbocycles. The van der Waals surface area contributed by atoms with E-state index in [9.17, 15) is 13.6 Å². The van der Waals surface area contributed by atoms with Crippen molar-refractivity contribution in [2.75, 3.05) is 13.1 Å². The highest BCUT2D eigenvalue weighted by Crippen LogP contribution is 2.19. The van der Waals surface area contributed by atoms with Gasteiger partial charge in [0.2, 0.25) is 0 Å². The van der Waals surface area contributed by atoms with E-state index in [2.05, 4.69) is 10.6 Å². The number of piperidine rings is 1. The molecule has 0 spiro atoms. The smallest absolute Gasteiger partial charge is 0.254 e. The number of carbonyl (C=O) groups excluding carboxylic acids is 1. The molecule has 2 rings (SSSR count). The number of halogens is 3. The molecule has 0 atom stereocenters. The molecule has 1 aliphatic heterocycles. The van der Waals surface area contributed by atoms with E-state index in [1.54, 1.807) is 0 Å². The van der Waals surface area contributed by atoms with Crippen molar-refractivity contribution in [1.29, 1.82) is 0 Å². The quantitative estimate of drug-likeness (QED) is 0.877. The summed E-state index contributed by atoms with van der Waals surface area (Å²) in [6, 6.07) is 2.98. The van der Waals surface area contributed by atoms with E-state index in [0.29, 0.717) is 0 Å². The van der Waals surface area contributed by atoms with Crippen LogP contribution in [0, 0.1) is 11.6 Å². The molecule has 1 saturated heterocycles. The monoisotopic (exact) mass is 290 g/mol. The van der Waals surface area contributed by atoms with Gasteiger partial charge in [-0.3, -0.25) is 4.79 Å². The molecule has 1 aromatic carbocycles. The standard InChI is InChI=1S/C13H16F2N2O.ClH/c1-13(4-6-16-7-5-13)17-12(18)10-3-2-9(14)8-11(10)15;/h2-3,8,16H,4-7H2,1H3,(H,17,18);1H. The van der Waals surface area contributed by atoms with E-state index in [0.717, 1.165) is 38.1 Å². The second-order valence-corrected chi connectivity index (χ2v) is 4.89. The number of hydrogen-bond acceptors (Lipinski definition) is 2. The van der Waals surface area contributed by atoms with Gasteiger partial charge in [-0.15, -0.1) is 12.4 Å². The average molecular weight is 291 g/mol. The molecule has 2 N–H and O–H groups in total. The largest absolute Gasteiger partial charge is 0.347 e. The Morgan fingerprint density at radius 3 is 2.53 bits per heavy atom. The normalized spacial score (nSPS) is 17.4. The van der Waals surface area contributed by atoms with Crippen molar-refractivity contribution < 1.29 is 13.6 Å². The Balaban J connectivity index is 0.00000180. The first-order chi connectivity index (χ1) is 8.50. The molecule has 1 fully saturated rings. The lowest BCUT2D eigenvalue weighted by Crippen LogP contribution is -2.52. The fraction of sp³-hybridized carbons (Fsp3) is 0.462. The first-order valence-electron chi connectivity index (χ1n) is 5.98. The van der Waals surface area contributed by atoms with Crippen molar-refractivity contribution in [3.63, 3.8) is 0 Å². The summed E-state index contributed by atoms with van der Waals surface area (Å²) in [5.74, 6) is -2.00. The van der Waals surface area contributed by atoms with E-state index in [1.165, 1.54) is 6.07 Å². The van der Waals surface area contributed by atoms with E-state index in [-0.39, 0.29) is 23.5 Å². The number of nitrogens with one attached hydrogen (secondary N) is 2. The van der Waals surface area contributed by atoms with Crippen LogP contribution in [-0.2, 0) is 0 Å². The van der Waals surface area contributed by atoms with Gasteiger partial charge in [0.15, 0.2) is 0 Å². The number of carbonyl (C=O) groups is 1. The number of rotatable bonds is 2. The molecule has 0 unspecified atom stereocenters. The zero-order valence-electron chi connectivity index (χ0n) is 10.6. The lowest BCUT2D eigenvalue weighted by Gasteiger charge is -2.35. The summed E-state index contributed by atoms with van der Waals surface area (Å²) < 4.78 is 26.2. The van der Waals surface area contributed by atoms with Crippen LogP contribution < -0.4 is 10.6 Å². The summed E-state index contributed by atoms with van der Waals surface area (Å²) in [5.41, 5.74) is -0.445. The number of amides is 1. The van der Waals surface area contributed by atoms with Crippen LogP contribution in [0.4, 0.5) is 8.78 Å². The van der Waals surface area contributed by atoms with Gasteiger partial charge >= 0.3 is 0 Å². The van der Waals surface area contributed by atoms with E-state index in [4.69, 9.17) is 0 Å². The van der Waals surface area contributed by atoms with E-state index < -0.39 is 17.5 Å². The number of benzene rings is 1. The molecule has 1 aliphatic rings. The Labute approximate surface area is 117 Å². The van der Waals surface area contributed by atoms with Crippen molar-refractivity contribution in [3.8, 4) is 0 Å². The van der Waals surface area contributed by atoms with Crippen LogP contribution in [0.1, 0.15) is 30.1 Å². The maximum Gasteiger partial charge on any atom is 0.254 e. The molecule has 0 saturated carbocycles. The molecule has 1 amide bonds. The summed E-state index contributed by atoms with van der Waals surface area (Å²) in [6.45, 7) is 3.58. The Kier molecular flexibility index (Phi) is 5.26. The maximum absolute atomic E-state index is 13.5. The van der Waals surface area contributed by atoms with Gasteiger partial charge in [-0.1, -0.05) is 0 Å². The molecular weight excluding hydrogens is 274 g/mol. The fourth-order valence-electron chi connectivity index (χ4n) is 2.12. The SMILES string of the molecule is CC1(NC(=O)c2ccc(F)cc2F)CCNCC1.Cl. The average Bonchev–Trinajstić information content (AvgIpc) is 2.28. The van der Waals surface area contributed by atoms with E-state index in [1.807, 2.05) is 6.92 Å².